The number of carbonyl (C=O) groups is 3. The van der Waals surface area contributed by atoms with Crippen molar-refractivity contribution in [3.8, 4) is 5.75 Å². The Bertz CT molecular complexity index is 915. The topological polar surface area (TPSA) is 76.2 Å². The van der Waals surface area contributed by atoms with E-state index in [1.54, 1.807) is 32.2 Å². The largest absolute Gasteiger partial charge is 0.495 e. The number of anilines is 1. The average molecular weight is 410 g/mol. The van der Waals surface area contributed by atoms with Crippen LogP contribution < -0.4 is 9.64 Å². The van der Waals surface area contributed by atoms with E-state index in [9.17, 15) is 14.4 Å². The molecular formula is C23H26N2O5. The first-order valence-electron chi connectivity index (χ1n) is 9.83. The number of ether oxygens (including phenoxy) is 2. The van der Waals surface area contributed by atoms with E-state index < -0.39 is 18.0 Å². The Labute approximate surface area is 176 Å². The quantitative estimate of drug-likeness (QED) is 0.656. The zero-order valence-corrected chi connectivity index (χ0v) is 17.4. The third-order valence-corrected chi connectivity index (χ3v) is 5.11. The molecule has 2 aromatic carbocycles. The lowest BCUT2D eigenvalue weighted by Gasteiger charge is -2.23. The van der Waals surface area contributed by atoms with Crippen LogP contribution in [0.3, 0.4) is 0 Å². The maximum absolute atomic E-state index is 12.6. The molecule has 1 aliphatic rings. The number of likely N-dealkylation sites (N-methyl/N-ethyl adjacent to an activating group) is 1. The number of hydrogen-bond acceptors (Lipinski definition) is 5. The minimum Gasteiger partial charge on any atom is -0.495 e. The van der Waals surface area contributed by atoms with Gasteiger partial charge in [0, 0.05) is 26.6 Å². The van der Waals surface area contributed by atoms with Gasteiger partial charge in [0.2, 0.25) is 5.91 Å². The summed E-state index contributed by atoms with van der Waals surface area (Å²) in [6, 6.07) is 16.7. The van der Waals surface area contributed by atoms with Gasteiger partial charge in [0.05, 0.1) is 18.7 Å². The molecule has 0 saturated carbocycles. The van der Waals surface area contributed by atoms with E-state index >= 15 is 0 Å². The number of para-hydroxylation sites is 2. The van der Waals surface area contributed by atoms with Gasteiger partial charge < -0.3 is 19.3 Å². The molecule has 0 unspecified atom stereocenters. The SMILES string of the molecule is COc1ccccc1N1C[C@H](C(=O)O[C@H](C)C(=O)N(C)Cc2ccccc2)CC1=O. The van der Waals surface area contributed by atoms with Crippen LogP contribution in [-0.2, 0) is 25.7 Å². The molecular weight excluding hydrogens is 384 g/mol. The maximum Gasteiger partial charge on any atom is 0.312 e. The molecule has 1 aliphatic heterocycles. The molecule has 3 rings (SSSR count). The van der Waals surface area contributed by atoms with Gasteiger partial charge in [0.1, 0.15) is 5.75 Å². The van der Waals surface area contributed by atoms with Crippen molar-refractivity contribution >= 4 is 23.5 Å². The van der Waals surface area contributed by atoms with Crippen molar-refractivity contribution in [1.82, 2.24) is 4.90 Å². The second-order valence-corrected chi connectivity index (χ2v) is 7.34. The highest BCUT2D eigenvalue weighted by Gasteiger charge is 2.38. The molecule has 1 saturated heterocycles. The Kier molecular flexibility index (Phi) is 6.72. The summed E-state index contributed by atoms with van der Waals surface area (Å²) in [6.45, 7) is 2.17. The Morgan fingerprint density at radius 3 is 2.50 bits per heavy atom. The van der Waals surface area contributed by atoms with Crippen LogP contribution in [0.15, 0.2) is 54.6 Å². The summed E-state index contributed by atoms with van der Waals surface area (Å²) in [6.07, 6.45) is -0.890. The van der Waals surface area contributed by atoms with Crippen LogP contribution in [0.2, 0.25) is 0 Å². The normalized spacial score (nSPS) is 16.8. The Morgan fingerprint density at radius 2 is 1.80 bits per heavy atom. The first-order valence-corrected chi connectivity index (χ1v) is 9.83. The van der Waals surface area contributed by atoms with E-state index in [4.69, 9.17) is 9.47 Å². The number of carbonyl (C=O) groups excluding carboxylic acids is 3. The number of benzene rings is 2. The number of amides is 2. The summed E-state index contributed by atoms with van der Waals surface area (Å²) in [7, 11) is 3.20. The average Bonchev–Trinajstić information content (AvgIpc) is 3.15. The van der Waals surface area contributed by atoms with Gasteiger partial charge >= 0.3 is 5.97 Å². The third-order valence-electron chi connectivity index (χ3n) is 5.11. The van der Waals surface area contributed by atoms with E-state index in [-0.39, 0.29) is 24.8 Å². The molecule has 7 nitrogen and oxygen atoms in total. The van der Waals surface area contributed by atoms with Crippen molar-refractivity contribution < 1.29 is 23.9 Å². The molecule has 0 spiro atoms. The van der Waals surface area contributed by atoms with E-state index in [1.165, 1.54) is 16.9 Å². The van der Waals surface area contributed by atoms with Crippen LogP contribution >= 0.6 is 0 Å². The predicted octanol–water partition coefficient (Wildman–Crippen LogP) is 2.64. The zero-order valence-electron chi connectivity index (χ0n) is 17.4. The first-order chi connectivity index (χ1) is 14.4. The number of methoxy groups -OCH3 is 1. The highest BCUT2D eigenvalue weighted by molar-refractivity contribution is 6.00. The lowest BCUT2D eigenvalue weighted by atomic mass is 10.1. The van der Waals surface area contributed by atoms with Crippen LogP contribution in [0, 0.1) is 5.92 Å². The molecule has 2 amide bonds. The second kappa shape index (κ2) is 9.43. The highest BCUT2D eigenvalue weighted by atomic mass is 16.5. The molecule has 1 fully saturated rings. The standard InChI is InChI=1S/C23H26N2O5/c1-16(22(27)24(2)14-17-9-5-4-6-10-17)30-23(28)18-13-21(26)25(15-18)19-11-7-8-12-20(19)29-3/h4-12,16,18H,13-15H2,1-3H3/t16-,18-/m1/s1. The Balaban J connectivity index is 1.59. The number of rotatable bonds is 7. The molecule has 0 N–H and O–H groups in total. The van der Waals surface area contributed by atoms with Gasteiger partial charge in [-0.25, -0.2) is 0 Å². The lowest BCUT2D eigenvalue weighted by Crippen LogP contribution is -2.38. The van der Waals surface area contributed by atoms with Crippen molar-refractivity contribution in [3.05, 3.63) is 60.2 Å². The molecule has 30 heavy (non-hydrogen) atoms. The second-order valence-electron chi connectivity index (χ2n) is 7.34. The summed E-state index contributed by atoms with van der Waals surface area (Å²) in [5.74, 6) is -1.09. The molecule has 7 heteroatoms. The van der Waals surface area contributed by atoms with Gasteiger partial charge in [-0.15, -0.1) is 0 Å². The smallest absolute Gasteiger partial charge is 0.312 e. The van der Waals surface area contributed by atoms with Crippen molar-refractivity contribution in [2.75, 3.05) is 25.6 Å². The summed E-state index contributed by atoms with van der Waals surface area (Å²) in [4.78, 5) is 40.7. The van der Waals surface area contributed by atoms with Crippen molar-refractivity contribution in [2.24, 2.45) is 5.92 Å². The predicted molar refractivity (Wildman–Crippen MR) is 112 cm³/mol. The molecule has 0 bridgehead atoms. The number of hydrogen-bond donors (Lipinski definition) is 0. The first kappa shape index (κ1) is 21.4. The fraction of sp³-hybridized carbons (Fsp3) is 0.348. The molecule has 158 valence electrons. The van der Waals surface area contributed by atoms with E-state index in [0.29, 0.717) is 18.0 Å². The minimum absolute atomic E-state index is 0.0393. The van der Waals surface area contributed by atoms with E-state index in [2.05, 4.69) is 0 Å². The van der Waals surface area contributed by atoms with Crippen molar-refractivity contribution in [1.29, 1.82) is 0 Å². The summed E-state index contributed by atoms with van der Waals surface area (Å²) in [5, 5.41) is 0. The Hall–Kier alpha value is -3.35. The van der Waals surface area contributed by atoms with Gasteiger partial charge in [0.25, 0.3) is 5.91 Å². The van der Waals surface area contributed by atoms with E-state index in [1.807, 2.05) is 36.4 Å². The maximum atomic E-state index is 12.6. The fourth-order valence-corrected chi connectivity index (χ4v) is 3.52. The molecule has 1 heterocycles. The van der Waals surface area contributed by atoms with Crippen molar-refractivity contribution in [2.45, 2.75) is 26.0 Å². The fourth-order valence-electron chi connectivity index (χ4n) is 3.52. The van der Waals surface area contributed by atoms with E-state index in [0.717, 1.165) is 5.56 Å². The van der Waals surface area contributed by atoms with Gasteiger partial charge in [-0.05, 0) is 24.6 Å². The number of esters is 1. The number of nitrogens with zero attached hydrogens (tertiary/aromatic N) is 2. The van der Waals surface area contributed by atoms with Gasteiger partial charge in [-0.2, -0.15) is 0 Å². The molecule has 2 aromatic rings. The lowest BCUT2D eigenvalue weighted by molar-refractivity contribution is -0.161. The van der Waals surface area contributed by atoms with Crippen LogP contribution in [0.1, 0.15) is 18.9 Å². The Morgan fingerprint density at radius 1 is 1.13 bits per heavy atom. The molecule has 2 atom stereocenters. The van der Waals surface area contributed by atoms with Gasteiger partial charge in [-0.1, -0.05) is 42.5 Å². The van der Waals surface area contributed by atoms with Crippen molar-refractivity contribution in [3.63, 3.8) is 0 Å². The van der Waals surface area contributed by atoms with Crippen LogP contribution in [0.4, 0.5) is 5.69 Å². The van der Waals surface area contributed by atoms with Crippen LogP contribution in [-0.4, -0.2) is 49.5 Å². The molecule has 0 aliphatic carbocycles. The van der Waals surface area contributed by atoms with Gasteiger partial charge in [0.15, 0.2) is 6.10 Å². The minimum atomic E-state index is -0.929. The summed E-state index contributed by atoms with van der Waals surface area (Å²) in [5.41, 5.74) is 1.60. The monoisotopic (exact) mass is 410 g/mol. The summed E-state index contributed by atoms with van der Waals surface area (Å²) < 4.78 is 10.7. The summed E-state index contributed by atoms with van der Waals surface area (Å²) >= 11 is 0. The molecule has 0 aromatic heterocycles. The molecule has 0 radical (unpaired) electrons. The highest BCUT2D eigenvalue weighted by Crippen LogP contribution is 2.33. The third kappa shape index (κ3) is 4.79. The van der Waals surface area contributed by atoms with Gasteiger partial charge in [-0.3, -0.25) is 14.4 Å². The van der Waals surface area contributed by atoms with Crippen LogP contribution in [0.25, 0.3) is 0 Å². The zero-order chi connectivity index (χ0) is 21.7. The van der Waals surface area contributed by atoms with Crippen LogP contribution in [0.5, 0.6) is 5.75 Å².